The molecule has 0 unspecified atom stereocenters. The van der Waals surface area contributed by atoms with E-state index >= 15 is 0 Å². The molecular weight excluding hydrogens is 294 g/mol. The average Bonchev–Trinajstić information content (AvgIpc) is 3.13. The molecule has 116 valence electrons. The molecule has 0 saturated carbocycles. The molecule has 22 heavy (non-hydrogen) atoms. The van der Waals surface area contributed by atoms with Gasteiger partial charge in [0.05, 0.1) is 4.88 Å². The van der Waals surface area contributed by atoms with Crippen molar-refractivity contribution in [3.05, 3.63) is 40.8 Å². The highest BCUT2D eigenvalue weighted by molar-refractivity contribution is 7.17. The lowest BCUT2D eigenvalue weighted by Gasteiger charge is -2.15. The van der Waals surface area contributed by atoms with Crippen molar-refractivity contribution in [3.8, 4) is 10.4 Å². The molecule has 3 N–H and O–H groups in total. The van der Waals surface area contributed by atoms with E-state index in [2.05, 4.69) is 23.5 Å². The number of nitrogens with one attached hydrogen (secondary N) is 1. The SMILES string of the molecule is CNc1ccc(-c2cc(C)c(C(=O)N3CC[C@H](N)C3)s2)cc1. The maximum atomic E-state index is 12.6. The number of anilines is 1. The van der Waals surface area contributed by atoms with Gasteiger partial charge in [-0.3, -0.25) is 4.79 Å². The zero-order chi connectivity index (χ0) is 15.7. The number of rotatable bonds is 3. The predicted octanol–water partition coefficient (Wildman–Crippen LogP) is 2.94. The molecule has 0 radical (unpaired) electrons. The number of carbonyl (C=O) groups excluding carboxylic acids is 1. The lowest BCUT2D eigenvalue weighted by molar-refractivity contribution is 0.0795. The predicted molar refractivity (Wildman–Crippen MR) is 92.5 cm³/mol. The van der Waals surface area contributed by atoms with E-state index < -0.39 is 0 Å². The molecule has 1 aliphatic heterocycles. The summed E-state index contributed by atoms with van der Waals surface area (Å²) < 4.78 is 0. The number of hydrogen-bond donors (Lipinski definition) is 2. The van der Waals surface area contributed by atoms with Crippen LogP contribution in [0.5, 0.6) is 0 Å². The number of amides is 1. The van der Waals surface area contributed by atoms with Gasteiger partial charge in [0.15, 0.2) is 0 Å². The average molecular weight is 315 g/mol. The third-order valence-electron chi connectivity index (χ3n) is 4.08. The van der Waals surface area contributed by atoms with Gasteiger partial charge in [-0.2, -0.15) is 0 Å². The van der Waals surface area contributed by atoms with Crippen LogP contribution in [0.3, 0.4) is 0 Å². The summed E-state index contributed by atoms with van der Waals surface area (Å²) in [7, 11) is 1.90. The standard InChI is InChI=1S/C17H21N3OS/c1-11-9-15(12-3-5-14(19-2)6-4-12)22-16(11)17(21)20-8-7-13(18)10-20/h3-6,9,13,19H,7-8,10,18H2,1-2H3/t13-/m0/s1. The second-order valence-corrected chi connectivity index (χ2v) is 6.80. The maximum absolute atomic E-state index is 12.6. The van der Waals surface area contributed by atoms with E-state index in [0.29, 0.717) is 6.54 Å². The number of nitrogens with zero attached hydrogens (tertiary/aromatic N) is 1. The Labute approximate surface area is 134 Å². The van der Waals surface area contributed by atoms with Crippen molar-refractivity contribution in [2.24, 2.45) is 5.73 Å². The van der Waals surface area contributed by atoms with Crippen molar-refractivity contribution in [1.82, 2.24) is 4.90 Å². The van der Waals surface area contributed by atoms with Crippen molar-refractivity contribution in [1.29, 1.82) is 0 Å². The van der Waals surface area contributed by atoms with E-state index in [9.17, 15) is 4.79 Å². The second-order valence-electron chi connectivity index (χ2n) is 5.75. The summed E-state index contributed by atoms with van der Waals surface area (Å²) in [6.07, 6.45) is 0.897. The van der Waals surface area contributed by atoms with Crippen molar-refractivity contribution in [2.45, 2.75) is 19.4 Å². The Balaban J connectivity index is 1.85. The van der Waals surface area contributed by atoms with Gasteiger partial charge < -0.3 is 16.0 Å². The van der Waals surface area contributed by atoms with E-state index in [-0.39, 0.29) is 11.9 Å². The molecule has 1 aromatic heterocycles. The molecule has 1 aromatic carbocycles. The van der Waals surface area contributed by atoms with Gasteiger partial charge in [-0.15, -0.1) is 11.3 Å². The number of aryl methyl sites for hydroxylation is 1. The van der Waals surface area contributed by atoms with Crippen LogP contribution in [-0.4, -0.2) is 37.0 Å². The number of hydrogen-bond acceptors (Lipinski definition) is 4. The molecule has 1 fully saturated rings. The summed E-state index contributed by atoms with van der Waals surface area (Å²) in [4.78, 5) is 16.5. The first-order valence-electron chi connectivity index (χ1n) is 7.52. The minimum absolute atomic E-state index is 0.119. The maximum Gasteiger partial charge on any atom is 0.264 e. The molecule has 3 rings (SSSR count). The van der Waals surface area contributed by atoms with Crippen LogP contribution in [0.25, 0.3) is 10.4 Å². The zero-order valence-electron chi connectivity index (χ0n) is 12.9. The van der Waals surface area contributed by atoms with Gasteiger partial charge in [0.25, 0.3) is 5.91 Å². The fourth-order valence-corrected chi connectivity index (χ4v) is 3.90. The fraction of sp³-hybridized carbons (Fsp3) is 0.353. The van der Waals surface area contributed by atoms with Crippen molar-refractivity contribution < 1.29 is 4.79 Å². The van der Waals surface area contributed by atoms with Crippen molar-refractivity contribution in [3.63, 3.8) is 0 Å². The van der Waals surface area contributed by atoms with Gasteiger partial charge in [-0.05, 0) is 42.7 Å². The summed E-state index contributed by atoms with van der Waals surface area (Å²) in [6, 6.07) is 10.5. The lowest BCUT2D eigenvalue weighted by Crippen LogP contribution is -2.31. The number of benzene rings is 1. The fourth-order valence-electron chi connectivity index (χ4n) is 2.75. The lowest BCUT2D eigenvalue weighted by atomic mass is 10.1. The molecular formula is C17H21N3OS. The van der Waals surface area contributed by atoms with E-state index in [1.54, 1.807) is 11.3 Å². The van der Waals surface area contributed by atoms with Crippen LogP contribution in [0.2, 0.25) is 0 Å². The molecule has 1 amide bonds. The summed E-state index contributed by atoms with van der Waals surface area (Å²) in [5.74, 6) is 0.119. The molecule has 1 saturated heterocycles. The Hall–Kier alpha value is -1.85. The highest BCUT2D eigenvalue weighted by atomic mass is 32.1. The Morgan fingerprint density at radius 1 is 1.36 bits per heavy atom. The van der Waals surface area contributed by atoms with E-state index in [1.165, 1.54) is 0 Å². The van der Waals surface area contributed by atoms with Crippen LogP contribution in [-0.2, 0) is 0 Å². The number of carbonyl (C=O) groups is 1. The van der Waals surface area contributed by atoms with Gasteiger partial charge >= 0.3 is 0 Å². The van der Waals surface area contributed by atoms with Crippen LogP contribution in [0.15, 0.2) is 30.3 Å². The molecule has 0 spiro atoms. The second kappa shape index (κ2) is 6.10. The Bertz CT molecular complexity index is 678. The van der Waals surface area contributed by atoms with E-state index in [0.717, 1.165) is 39.5 Å². The van der Waals surface area contributed by atoms with Gasteiger partial charge in [-0.25, -0.2) is 0 Å². The van der Waals surface area contributed by atoms with E-state index in [1.807, 2.05) is 31.0 Å². The van der Waals surface area contributed by atoms with Crippen molar-refractivity contribution in [2.75, 3.05) is 25.5 Å². The summed E-state index contributed by atoms with van der Waals surface area (Å²) in [5.41, 5.74) is 9.18. The first kappa shape index (κ1) is 15.1. The molecule has 1 aliphatic rings. The van der Waals surface area contributed by atoms with Crippen LogP contribution >= 0.6 is 11.3 Å². The molecule has 2 heterocycles. The van der Waals surface area contributed by atoms with Crippen LogP contribution in [0, 0.1) is 6.92 Å². The van der Waals surface area contributed by atoms with Gasteiger partial charge in [0.2, 0.25) is 0 Å². The third-order valence-corrected chi connectivity index (χ3v) is 5.36. The number of likely N-dealkylation sites (tertiary alicyclic amines) is 1. The number of thiophene rings is 1. The minimum atomic E-state index is 0.119. The summed E-state index contributed by atoms with van der Waals surface area (Å²) in [5, 5.41) is 3.11. The summed E-state index contributed by atoms with van der Waals surface area (Å²) >= 11 is 1.57. The molecule has 0 aliphatic carbocycles. The highest BCUT2D eigenvalue weighted by Gasteiger charge is 2.26. The molecule has 1 atom stereocenters. The summed E-state index contributed by atoms with van der Waals surface area (Å²) in [6.45, 7) is 3.44. The topological polar surface area (TPSA) is 58.4 Å². The van der Waals surface area contributed by atoms with Crippen LogP contribution < -0.4 is 11.1 Å². The quantitative estimate of drug-likeness (QED) is 0.915. The highest BCUT2D eigenvalue weighted by Crippen LogP contribution is 2.33. The number of nitrogens with two attached hydrogens (primary N) is 1. The molecule has 4 nitrogen and oxygen atoms in total. The normalized spacial score (nSPS) is 17.8. The smallest absolute Gasteiger partial charge is 0.264 e. The van der Waals surface area contributed by atoms with Gasteiger partial charge in [0, 0.05) is 36.7 Å². The van der Waals surface area contributed by atoms with Crippen molar-refractivity contribution >= 4 is 22.9 Å². The van der Waals surface area contributed by atoms with Gasteiger partial charge in [0.1, 0.15) is 0 Å². The van der Waals surface area contributed by atoms with Crippen LogP contribution in [0.4, 0.5) is 5.69 Å². The Morgan fingerprint density at radius 2 is 2.09 bits per heavy atom. The van der Waals surface area contributed by atoms with E-state index in [4.69, 9.17) is 5.73 Å². The first-order valence-corrected chi connectivity index (χ1v) is 8.33. The molecule has 5 heteroatoms. The third kappa shape index (κ3) is 2.87. The van der Waals surface area contributed by atoms with Crippen LogP contribution in [0.1, 0.15) is 21.7 Å². The largest absolute Gasteiger partial charge is 0.388 e. The molecule has 0 bridgehead atoms. The Morgan fingerprint density at radius 3 is 2.68 bits per heavy atom. The minimum Gasteiger partial charge on any atom is -0.388 e. The first-order chi connectivity index (χ1) is 10.6. The van der Waals surface area contributed by atoms with Gasteiger partial charge in [-0.1, -0.05) is 12.1 Å². The molecule has 2 aromatic rings. The monoisotopic (exact) mass is 315 g/mol. The zero-order valence-corrected chi connectivity index (χ0v) is 13.7. The Kier molecular flexibility index (Phi) is 4.18.